The van der Waals surface area contributed by atoms with Crippen LogP contribution in [-0.4, -0.2) is 16.1 Å². The molecule has 1 aromatic heterocycles. The molecule has 2 aromatic carbocycles. The fraction of sp³-hybridized carbons (Fsp3) is 0.158. The van der Waals surface area contributed by atoms with Gasteiger partial charge in [0.2, 0.25) is 5.88 Å². The van der Waals surface area contributed by atoms with Gasteiger partial charge in [0, 0.05) is 10.7 Å². The molecule has 4 nitrogen and oxygen atoms in total. The minimum absolute atomic E-state index is 0.340. The first kappa shape index (κ1) is 16.5. The Bertz CT molecular complexity index is 813. The number of hydrogen-bond donors (Lipinski definition) is 0. The van der Waals surface area contributed by atoms with Crippen molar-refractivity contribution in [3.05, 3.63) is 70.8 Å². The van der Waals surface area contributed by atoms with Gasteiger partial charge in [-0.1, -0.05) is 58.4 Å². The number of rotatable bonds is 6. The van der Waals surface area contributed by atoms with E-state index in [9.17, 15) is 4.79 Å². The quantitative estimate of drug-likeness (QED) is 0.580. The molecule has 0 amide bonds. The fourth-order valence-electron chi connectivity index (χ4n) is 2.31. The van der Waals surface area contributed by atoms with E-state index in [4.69, 9.17) is 4.74 Å². The van der Waals surface area contributed by atoms with Gasteiger partial charge in [0.15, 0.2) is 0 Å². The molecule has 0 aliphatic carbocycles. The molecule has 1 heterocycles. The summed E-state index contributed by atoms with van der Waals surface area (Å²) in [6.45, 7) is 2.23. The molecule has 3 rings (SSSR count). The molecule has 122 valence electrons. The van der Waals surface area contributed by atoms with Crippen LogP contribution in [0, 0.1) is 0 Å². The number of benzene rings is 2. The number of carbonyl (C=O) groups excluding carboxylic acids is 1. The Hall–Kier alpha value is -2.40. The van der Waals surface area contributed by atoms with Crippen molar-refractivity contribution in [3.63, 3.8) is 0 Å². The Kier molecular flexibility index (Phi) is 5.11. The Morgan fingerprint density at radius 3 is 2.54 bits per heavy atom. The first-order valence-electron chi connectivity index (χ1n) is 7.64. The lowest BCUT2D eigenvalue weighted by Gasteiger charge is -2.06. The first-order chi connectivity index (χ1) is 11.7. The van der Waals surface area contributed by atoms with Crippen LogP contribution in [0.2, 0.25) is 0 Å². The van der Waals surface area contributed by atoms with Crippen LogP contribution >= 0.6 is 15.9 Å². The van der Waals surface area contributed by atoms with Gasteiger partial charge in [-0.2, -0.15) is 0 Å². The minimum atomic E-state index is -0.340. The number of ether oxygens (including phenoxy) is 1. The topological polar surface area (TPSA) is 44.1 Å². The van der Waals surface area contributed by atoms with E-state index in [0.717, 1.165) is 27.4 Å². The third-order valence-corrected chi connectivity index (χ3v) is 4.21. The lowest BCUT2D eigenvalue weighted by atomic mass is 10.1. The maximum Gasteiger partial charge on any atom is 0.241 e. The fourth-order valence-corrected chi connectivity index (χ4v) is 2.57. The molecule has 0 aliphatic rings. The molecular formula is C19H17BrN2O2. The summed E-state index contributed by atoms with van der Waals surface area (Å²) < 4.78 is 8.56. The highest BCUT2D eigenvalue weighted by Crippen LogP contribution is 2.31. The summed E-state index contributed by atoms with van der Waals surface area (Å²) in [5, 5.41) is 4.45. The van der Waals surface area contributed by atoms with Gasteiger partial charge in [-0.3, -0.25) is 4.68 Å². The summed E-state index contributed by atoms with van der Waals surface area (Å²) in [6, 6.07) is 17.5. The van der Waals surface area contributed by atoms with Gasteiger partial charge >= 0.3 is 0 Å². The summed E-state index contributed by atoms with van der Waals surface area (Å²) in [7, 11) is 0. The van der Waals surface area contributed by atoms with Crippen molar-refractivity contribution in [1.82, 2.24) is 9.78 Å². The predicted octanol–water partition coefficient (Wildman–Crippen LogP) is 4.65. The zero-order valence-electron chi connectivity index (χ0n) is 13.2. The second-order valence-electron chi connectivity index (χ2n) is 5.49. The second-order valence-corrected chi connectivity index (χ2v) is 6.40. The largest absolute Gasteiger partial charge is 0.471 e. The molecule has 1 unspecified atom stereocenters. The minimum Gasteiger partial charge on any atom is -0.471 e. The smallest absolute Gasteiger partial charge is 0.241 e. The highest BCUT2D eigenvalue weighted by Gasteiger charge is 2.15. The molecule has 1 atom stereocenters. The summed E-state index contributed by atoms with van der Waals surface area (Å²) >= 11 is 3.44. The molecule has 0 spiro atoms. The monoisotopic (exact) mass is 384 g/mol. The lowest BCUT2D eigenvalue weighted by molar-refractivity contribution is -0.110. The Balaban J connectivity index is 1.92. The molecule has 0 bridgehead atoms. The van der Waals surface area contributed by atoms with Gasteiger partial charge in [-0.25, -0.2) is 0 Å². The van der Waals surface area contributed by atoms with Gasteiger partial charge in [0.25, 0.3) is 0 Å². The van der Waals surface area contributed by atoms with Crippen molar-refractivity contribution in [1.29, 1.82) is 0 Å². The lowest BCUT2D eigenvalue weighted by Crippen LogP contribution is -2.07. The number of hydrogen-bond acceptors (Lipinski definition) is 3. The highest BCUT2D eigenvalue weighted by molar-refractivity contribution is 9.10. The zero-order valence-corrected chi connectivity index (χ0v) is 14.8. The first-order valence-corrected chi connectivity index (χ1v) is 8.44. The molecule has 0 saturated heterocycles. The van der Waals surface area contributed by atoms with Crippen LogP contribution in [0.15, 0.2) is 65.3 Å². The molecule has 0 N–H and O–H groups in total. The standard InChI is InChI=1S/C19H17BrN2O2/c1-14(12-23)22-11-18(16-7-9-17(20)10-8-16)19(21-22)24-13-15-5-3-2-4-6-15/h2-12,14H,13H2,1H3. The molecule has 0 fully saturated rings. The normalized spacial score (nSPS) is 11.9. The third-order valence-electron chi connectivity index (χ3n) is 3.69. The summed E-state index contributed by atoms with van der Waals surface area (Å²) in [6.07, 6.45) is 2.71. The van der Waals surface area contributed by atoms with Crippen molar-refractivity contribution >= 4 is 22.2 Å². The molecule has 3 aromatic rings. The van der Waals surface area contributed by atoms with E-state index in [0.29, 0.717) is 12.5 Å². The average Bonchev–Trinajstić information content (AvgIpc) is 3.05. The molecule has 5 heteroatoms. The number of aldehydes is 1. The summed E-state index contributed by atoms with van der Waals surface area (Å²) in [4.78, 5) is 11.1. The number of carbonyl (C=O) groups is 1. The van der Waals surface area contributed by atoms with Crippen molar-refractivity contribution < 1.29 is 9.53 Å². The Morgan fingerprint density at radius 1 is 1.17 bits per heavy atom. The Labute approximate surface area is 149 Å². The van der Waals surface area contributed by atoms with Crippen LogP contribution in [0.1, 0.15) is 18.5 Å². The van der Waals surface area contributed by atoms with Crippen molar-refractivity contribution in [2.75, 3.05) is 0 Å². The maximum atomic E-state index is 11.1. The van der Waals surface area contributed by atoms with Crippen LogP contribution in [0.4, 0.5) is 0 Å². The van der Waals surface area contributed by atoms with E-state index < -0.39 is 0 Å². The summed E-state index contributed by atoms with van der Waals surface area (Å²) in [5.41, 5.74) is 2.93. The van der Waals surface area contributed by atoms with Gasteiger partial charge in [0.05, 0.1) is 5.56 Å². The SMILES string of the molecule is CC(C=O)n1cc(-c2ccc(Br)cc2)c(OCc2ccccc2)n1. The molecule has 24 heavy (non-hydrogen) atoms. The molecular weight excluding hydrogens is 368 g/mol. The van der Waals surface area contributed by atoms with Crippen LogP contribution in [-0.2, 0) is 11.4 Å². The van der Waals surface area contributed by atoms with Crippen molar-refractivity contribution in [2.45, 2.75) is 19.6 Å². The highest BCUT2D eigenvalue weighted by atomic mass is 79.9. The van der Waals surface area contributed by atoms with E-state index in [-0.39, 0.29) is 6.04 Å². The van der Waals surface area contributed by atoms with E-state index in [1.54, 1.807) is 11.6 Å². The van der Waals surface area contributed by atoms with E-state index in [1.807, 2.05) is 60.8 Å². The molecule has 0 radical (unpaired) electrons. The zero-order chi connectivity index (χ0) is 16.9. The summed E-state index contributed by atoms with van der Waals surface area (Å²) in [5.74, 6) is 0.523. The molecule has 0 saturated carbocycles. The van der Waals surface area contributed by atoms with E-state index in [1.165, 1.54) is 0 Å². The average molecular weight is 385 g/mol. The molecule has 0 aliphatic heterocycles. The van der Waals surface area contributed by atoms with Gasteiger partial charge in [0.1, 0.15) is 18.9 Å². The van der Waals surface area contributed by atoms with Gasteiger partial charge in [-0.05, 0) is 30.2 Å². The number of nitrogens with zero attached hydrogens (tertiary/aromatic N) is 2. The number of halogens is 1. The van der Waals surface area contributed by atoms with Crippen LogP contribution < -0.4 is 4.74 Å². The Morgan fingerprint density at radius 2 is 1.88 bits per heavy atom. The second kappa shape index (κ2) is 7.45. The van der Waals surface area contributed by atoms with E-state index in [2.05, 4.69) is 21.0 Å². The maximum absolute atomic E-state index is 11.1. The van der Waals surface area contributed by atoms with Gasteiger partial charge in [-0.15, -0.1) is 5.10 Å². The predicted molar refractivity (Wildman–Crippen MR) is 96.9 cm³/mol. The van der Waals surface area contributed by atoms with Crippen LogP contribution in [0.5, 0.6) is 5.88 Å². The number of aromatic nitrogens is 2. The van der Waals surface area contributed by atoms with Crippen LogP contribution in [0.25, 0.3) is 11.1 Å². The third kappa shape index (κ3) is 3.74. The van der Waals surface area contributed by atoms with Crippen molar-refractivity contribution in [3.8, 4) is 17.0 Å². The van der Waals surface area contributed by atoms with E-state index >= 15 is 0 Å². The van der Waals surface area contributed by atoms with Crippen LogP contribution in [0.3, 0.4) is 0 Å². The van der Waals surface area contributed by atoms with Gasteiger partial charge < -0.3 is 9.53 Å². The van der Waals surface area contributed by atoms with Crippen molar-refractivity contribution in [2.24, 2.45) is 0 Å².